The molecule has 1 aromatic heterocycles. The summed E-state index contributed by atoms with van der Waals surface area (Å²) in [6, 6.07) is 17.1. The molecule has 0 aliphatic heterocycles. The second-order valence-electron chi connectivity index (χ2n) is 5.69. The molecule has 0 aliphatic carbocycles. The molecule has 0 saturated carbocycles. The zero-order valence-electron chi connectivity index (χ0n) is 13.1. The molecule has 0 amide bonds. The first-order valence-electron chi connectivity index (χ1n) is 7.81. The molecule has 1 heteroatoms. The van der Waals surface area contributed by atoms with Crippen molar-refractivity contribution in [3.8, 4) is 0 Å². The standard InChI is InChI=1S/C22H17N/c1-3-4-9-17-15(2)22-20(11-7-14-23-22)21-18-10-6-5-8-16(18)12-13-19(17)21/h3-14H,2H2,1H3/b4-3-,17-9+. The fourth-order valence-electron chi connectivity index (χ4n) is 3.31. The predicted molar refractivity (Wildman–Crippen MR) is 101 cm³/mol. The highest BCUT2D eigenvalue weighted by Gasteiger charge is 2.08. The largest absolute Gasteiger partial charge is 0.256 e. The van der Waals surface area contributed by atoms with E-state index in [2.05, 4.69) is 66.2 Å². The van der Waals surface area contributed by atoms with Crippen LogP contribution in [0, 0.1) is 0 Å². The van der Waals surface area contributed by atoms with Gasteiger partial charge in [0.05, 0.1) is 5.52 Å². The van der Waals surface area contributed by atoms with Crippen molar-refractivity contribution >= 4 is 45.1 Å². The third-order valence-electron chi connectivity index (χ3n) is 4.36. The minimum Gasteiger partial charge on any atom is -0.256 e. The summed E-state index contributed by atoms with van der Waals surface area (Å²) in [4.78, 5) is 4.60. The molecule has 0 aliphatic rings. The Morgan fingerprint density at radius 2 is 1.74 bits per heavy atom. The Kier molecular flexibility index (Phi) is 3.20. The van der Waals surface area contributed by atoms with Crippen LogP contribution in [0.4, 0.5) is 0 Å². The lowest BCUT2D eigenvalue weighted by molar-refractivity contribution is 1.40. The van der Waals surface area contributed by atoms with E-state index < -0.39 is 0 Å². The number of fused-ring (bicyclic) bond motifs is 5. The molecule has 110 valence electrons. The number of rotatable bonds is 1. The molecule has 0 spiro atoms. The summed E-state index contributed by atoms with van der Waals surface area (Å²) in [5.74, 6) is 0. The van der Waals surface area contributed by atoms with Crippen LogP contribution in [0.5, 0.6) is 0 Å². The topological polar surface area (TPSA) is 12.9 Å². The summed E-state index contributed by atoms with van der Waals surface area (Å²) in [5.41, 5.74) is 0.979. The first kappa shape index (κ1) is 13.7. The Bertz CT molecular complexity index is 1180. The van der Waals surface area contributed by atoms with Gasteiger partial charge in [0.15, 0.2) is 0 Å². The van der Waals surface area contributed by atoms with Crippen LogP contribution in [0.3, 0.4) is 0 Å². The van der Waals surface area contributed by atoms with Crippen LogP contribution < -0.4 is 10.4 Å². The second-order valence-corrected chi connectivity index (χ2v) is 5.69. The molecule has 23 heavy (non-hydrogen) atoms. The van der Waals surface area contributed by atoms with E-state index in [9.17, 15) is 0 Å². The van der Waals surface area contributed by atoms with Crippen molar-refractivity contribution < 1.29 is 0 Å². The molecule has 0 fully saturated rings. The van der Waals surface area contributed by atoms with Gasteiger partial charge >= 0.3 is 0 Å². The van der Waals surface area contributed by atoms with E-state index in [1.54, 1.807) is 0 Å². The average molecular weight is 295 g/mol. The molecule has 1 nitrogen and oxygen atoms in total. The number of hydrogen-bond donors (Lipinski definition) is 0. The molecule has 1 heterocycles. The molecule has 4 rings (SSSR count). The van der Waals surface area contributed by atoms with Crippen molar-refractivity contribution in [1.82, 2.24) is 4.98 Å². The summed E-state index contributed by atoms with van der Waals surface area (Å²) in [6.07, 6.45) is 8.07. The van der Waals surface area contributed by atoms with Crippen LogP contribution in [-0.2, 0) is 0 Å². The number of pyridine rings is 1. The third-order valence-corrected chi connectivity index (χ3v) is 4.36. The number of nitrogens with zero attached hydrogens (tertiary/aromatic N) is 1. The van der Waals surface area contributed by atoms with Crippen molar-refractivity contribution in [2.75, 3.05) is 0 Å². The molecular formula is C22H17N. The highest BCUT2D eigenvalue weighted by Crippen LogP contribution is 2.28. The Morgan fingerprint density at radius 3 is 2.61 bits per heavy atom. The quantitative estimate of drug-likeness (QED) is 0.477. The smallest absolute Gasteiger partial charge is 0.0780 e. The van der Waals surface area contributed by atoms with E-state index in [0.717, 1.165) is 16.0 Å². The maximum atomic E-state index is 4.60. The van der Waals surface area contributed by atoms with E-state index in [-0.39, 0.29) is 0 Å². The number of aromatic nitrogens is 1. The van der Waals surface area contributed by atoms with Gasteiger partial charge < -0.3 is 0 Å². The van der Waals surface area contributed by atoms with E-state index >= 15 is 0 Å². The summed E-state index contributed by atoms with van der Waals surface area (Å²) >= 11 is 0. The lowest BCUT2D eigenvalue weighted by atomic mass is 9.95. The lowest BCUT2D eigenvalue weighted by Crippen LogP contribution is -2.25. The molecule has 0 bridgehead atoms. The first-order chi connectivity index (χ1) is 11.3. The van der Waals surface area contributed by atoms with Gasteiger partial charge in [-0.15, -0.1) is 0 Å². The fraction of sp³-hybridized carbons (Fsp3) is 0.0455. The van der Waals surface area contributed by atoms with Crippen LogP contribution in [0.2, 0.25) is 0 Å². The SMILES string of the molecule is C=c1/c(=C\C=C/C)c2ccc3ccccc3c2c2cccnc12. The van der Waals surface area contributed by atoms with Crippen molar-refractivity contribution in [1.29, 1.82) is 0 Å². The number of benzene rings is 3. The summed E-state index contributed by atoms with van der Waals surface area (Å²) in [5, 5.41) is 8.30. The van der Waals surface area contributed by atoms with Gasteiger partial charge in [-0.3, -0.25) is 4.98 Å². The molecule has 0 atom stereocenters. The minimum atomic E-state index is 0.979. The van der Waals surface area contributed by atoms with E-state index in [1.807, 2.05) is 25.3 Å². The van der Waals surface area contributed by atoms with Crippen molar-refractivity contribution in [2.45, 2.75) is 6.92 Å². The molecule has 0 unspecified atom stereocenters. The van der Waals surface area contributed by atoms with Gasteiger partial charge in [0.1, 0.15) is 0 Å². The van der Waals surface area contributed by atoms with Gasteiger partial charge in [0, 0.05) is 16.8 Å². The van der Waals surface area contributed by atoms with Gasteiger partial charge in [-0.25, -0.2) is 0 Å². The van der Waals surface area contributed by atoms with Gasteiger partial charge in [-0.05, 0) is 39.8 Å². The van der Waals surface area contributed by atoms with E-state index in [1.165, 1.54) is 26.9 Å². The molecular weight excluding hydrogens is 278 g/mol. The molecule has 3 aromatic carbocycles. The zero-order chi connectivity index (χ0) is 15.8. The van der Waals surface area contributed by atoms with Crippen LogP contribution in [0.1, 0.15) is 6.92 Å². The van der Waals surface area contributed by atoms with Gasteiger partial charge in [0.2, 0.25) is 0 Å². The van der Waals surface area contributed by atoms with Crippen molar-refractivity contribution in [2.24, 2.45) is 0 Å². The van der Waals surface area contributed by atoms with Crippen LogP contribution in [0.15, 0.2) is 66.9 Å². The highest BCUT2D eigenvalue weighted by molar-refractivity contribution is 6.19. The number of allylic oxidation sites excluding steroid dienone is 2. The first-order valence-corrected chi connectivity index (χ1v) is 7.81. The van der Waals surface area contributed by atoms with Crippen LogP contribution >= 0.6 is 0 Å². The predicted octanol–water partition coefficient (Wildman–Crippen LogP) is 4.31. The summed E-state index contributed by atoms with van der Waals surface area (Å²) in [6.45, 7) is 6.33. The summed E-state index contributed by atoms with van der Waals surface area (Å²) in [7, 11) is 0. The van der Waals surface area contributed by atoms with Gasteiger partial charge in [-0.2, -0.15) is 0 Å². The monoisotopic (exact) mass is 295 g/mol. The second kappa shape index (κ2) is 5.36. The Balaban J connectivity index is 2.42. The Morgan fingerprint density at radius 1 is 0.913 bits per heavy atom. The Labute approximate surface area is 134 Å². The molecule has 4 aromatic rings. The third kappa shape index (κ3) is 2.05. The minimum absolute atomic E-state index is 0.979. The molecule has 0 N–H and O–H groups in total. The zero-order valence-corrected chi connectivity index (χ0v) is 13.1. The molecule has 0 saturated heterocycles. The fourth-order valence-corrected chi connectivity index (χ4v) is 3.31. The average Bonchev–Trinajstić information content (AvgIpc) is 2.61. The van der Waals surface area contributed by atoms with E-state index in [4.69, 9.17) is 0 Å². The van der Waals surface area contributed by atoms with Crippen molar-refractivity contribution in [3.63, 3.8) is 0 Å². The van der Waals surface area contributed by atoms with Crippen molar-refractivity contribution in [3.05, 3.63) is 77.3 Å². The van der Waals surface area contributed by atoms with Crippen LogP contribution in [-0.4, -0.2) is 4.98 Å². The number of hydrogen-bond acceptors (Lipinski definition) is 1. The maximum absolute atomic E-state index is 4.60. The van der Waals surface area contributed by atoms with Gasteiger partial charge in [-0.1, -0.05) is 67.3 Å². The molecule has 0 radical (unpaired) electrons. The maximum Gasteiger partial charge on any atom is 0.0780 e. The van der Waals surface area contributed by atoms with Gasteiger partial charge in [0.25, 0.3) is 0 Å². The summed E-state index contributed by atoms with van der Waals surface area (Å²) < 4.78 is 0. The normalized spacial score (nSPS) is 12.8. The lowest BCUT2D eigenvalue weighted by Gasteiger charge is -2.09. The highest BCUT2D eigenvalue weighted by atomic mass is 14.6. The van der Waals surface area contributed by atoms with E-state index in [0.29, 0.717) is 0 Å². The Hall–Kier alpha value is -2.93. The van der Waals surface area contributed by atoms with Crippen LogP contribution in [0.25, 0.3) is 45.1 Å².